The van der Waals surface area contributed by atoms with E-state index in [1.54, 1.807) is 0 Å². The van der Waals surface area contributed by atoms with E-state index < -0.39 is 0 Å². The molecule has 0 unspecified atom stereocenters. The van der Waals surface area contributed by atoms with Crippen LogP contribution in [0, 0.1) is 27.3 Å². The van der Waals surface area contributed by atoms with Crippen LogP contribution < -0.4 is 4.68 Å². The molecule has 3 nitrogen and oxygen atoms in total. The smallest absolute Gasteiger partial charge is 0.217 e. The zero-order valence-corrected chi connectivity index (χ0v) is 12.4. The Balaban J connectivity index is 2.18. The summed E-state index contributed by atoms with van der Waals surface area (Å²) in [6.45, 7) is 14.9. The lowest BCUT2D eigenvalue weighted by molar-refractivity contribution is -0.749. The van der Waals surface area contributed by atoms with Crippen molar-refractivity contribution in [2.24, 2.45) is 0 Å². The van der Waals surface area contributed by atoms with Crippen molar-refractivity contribution in [3.8, 4) is 5.69 Å². The van der Waals surface area contributed by atoms with Gasteiger partial charge in [0.1, 0.15) is 11.2 Å². The minimum absolute atomic E-state index is 0.719. The molecule has 1 aliphatic heterocycles. The molecule has 0 fully saturated rings. The van der Waals surface area contributed by atoms with Crippen molar-refractivity contribution in [2.45, 2.75) is 27.3 Å². The summed E-state index contributed by atoms with van der Waals surface area (Å²) < 4.78 is 4.45. The first kappa shape index (κ1) is 12.2. The molecule has 1 aliphatic rings. The molecule has 0 saturated heterocycles. The third-order valence-electron chi connectivity index (χ3n) is 4.59. The molecule has 4 rings (SSSR count). The minimum Gasteiger partial charge on any atom is -0.236 e. The topological polar surface area (TPSA) is 13.2 Å². The number of aryl methyl sites for hydroxylation is 2. The summed E-state index contributed by atoms with van der Waals surface area (Å²) in [6, 6.07) is 8.19. The predicted octanol–water partition coefficient (Wildman–Crippen LogP) is 3.76. The molecule has 3 aromatic rings. The molecule has 102 valence electrons. The average molecular weight is 274 g/mol. The molecule has 0 spiro atoms. The van der Waals surface area contributed by atoms with Crippen LogP contribution in [0.2, 0.25) is 0 Å². The second kappa shape index (κ2) is 3.95. The maximum absolute atomic E-state index is 7.44. The van der Waals surface area contributed by atoms with E-state index in [1.807, 2.05) is 12.1 Å². The number of aromatic nitrogens is 2. The largest absolute Gasteiger partial charge is 0.236 e. The van der Waals surface area contributed by atoms with E-state index in [9.17, 15) is 0 Å². The number of rotatable bonds is 0. The molecule has 0 bridgehead atoms. The van der Waals surface area contributed by atoms with E-state index in [2.05, 4.69) is 53.3 Å². The Morgan fingerprint density at radius 2 is 2.00 bits per heavy atom. The first-order valence-electron chi connectivity index (χ1n) is 7.13. The highest BCUT2D eigenvalue weighted by Gasteiger charge is 2.32. The van der Waals surface area contributed by atoms with Gasteiger partial charge >= 0.3 is 0 Å². The summed E-state index contributed by atoms with van der Waals surface area (Å²) in [6.07, 6.45) is 2.15. The Bertz CT molecular complexity index is 955. The van der Waals surface area contributed by atoms with Crippen molar-refractivity contribution >= 4 is 16.6 Å². The maximum atomic E-state index is 7.44. The highest BCUT2D eigenvalue weighted by Crippen LogP contribution is 2.34. The fourth-order valence-electron chi connectivity index (χ4n) is 3.48. The van der Waals surface area contributed by atoms with Crippen LogP contribution in [0.1, 0.15) is 22.3 Å². The second-order valence-electron chi connectivity index (χ2n) is 5.83. The molecule has 0 saturated carbocycles. The van der Waals surface area contributed by atoms with Crippen LogP contribution >= 0.6 is 0 Å². The Kier molecular flexibility index (Phi) is 2.29. The number of hydrogen-bond donors (Lipinski definition) is 0. The summed E-state index contributed by atoms with van der Waals surface area (Å²) in [5.41, 5.74) is 8.36. The number of hydrogen-bond acceptors (Lipinski definition) is 0. The van der Waals surface area contributed by atoms with Crippen LogP contribution in [0.3, 0.4) is 0 Å². The molecular weight excluding hydrogens is 258 g/mol. The van der Waals surface area contributed by atoms with E-state index in [4.69, 9.17) is 6.57 Å². The van der Waals surface area contributed by atoms with Gasteiger partial charge in [-0.15, -0.1) is 9.36 Å². The molecular formula is C18H16N3+. The highest BCUT2D eigenvalue weighted by atomic mass is 15.4. The highest BCUT2D eigenvalue weighted by molar-refractivity contribution is 5.92. The van der Waals surface area contributed by atoms with Gasteiger partial charge < -0.3 is 0 Å². The summed E-state index contributed by atoms with van der Waals surface area (Å²) in [5.74, 6) is 0. The van der Waals surface area contributed by atoms with Crippen LogP contribution in [0.5, 0.6) is 0 Å². The number of benzene rings is 2. The molecule has 0 radical (unpaired) electrons. The standard InChI is InChI=1S/C18H16N3/c1-11-8-12(2)17-15(13(11)3)10-20-9-14-6-5-7-16(19-4)18(14)21(17)20/h5-9H,10H2,1-3H3/q+1. The number of para-hydroxylation sites is 1. The van der Waals surface area contributed by atoms with Crippen LogP contribution in [-0.4, -0.2) is 4.68 Å². The average Bonchev–Trinajstić information content (AvgIpc) is 3.00. The third-order valence-corrected chi connectivity index (χ3v) is 4.59. The Morgan fingerprint density at radius 1 is 1.19 bits per heavy atom. The molecule has 2 aromatic carbocycles. The quantitative estimate of drug-likeness (QED) is 0.342. The van der Waals surface area contributed by atoms with Crippen molar-refractivity contribution in [3.05, 3.63) is 64.1 Å². The van der Waals surface area contributed by atoms with Gasteiger partial charge in [-0.3, -0.25) is 0 Å². The van der Waals surface area contributed by atoms with Gasteiger partial charge in [0.15, 0.2) is 6.54 Å². The summed E-state index contributed by atoms with van der Waals surface area (Å²) in [4.78, 5) is 3.71. The normalized spacial score (nSPS) is 12.3. The van der Waals surface area contributed by atoms with Crippen LogP contribution in [-0.2, 0) is 6.54 Å². The lowest BCUT2D eigenvalue weighted by Crippen LogP contribution is -2.36. The molecule has 0 amide bonds. The Hall–Kier alpha value is -2.60. The van der Waals surface area contributed by atoms with Crippen molar-refractivity contribution in [3.63, 3.8) is 0 Å². The van der Waals surface area contributed by atoms with Crippen LogP contribution in [0.4, 0.5) is 5.69 Å². The SMILES string of the molecule is [C-]#[N+]c1cccc2c[n+]3n(c12)-c1c(C)cc(C)c(C)c1C3. The van der Waals surface area contributed by atoms with Gasteiger partial charge in [0.2, 0.25) is 11.9 Å². The van der Waals surface area contributed by atoms with Gasteiger partial charge in [-0.1, -0.05) is 18.2 Å². The zero-order valence-electron chi connectivity index (χ0n) is 12.4. The predicted molar refractivity (Wildman–Crippen MR) is 83.0 cm³/mol. The minimum atomic E-state index is 0.719. The fraction of sp³-hybridized carbons (Fsp3) is 0.222. The van der Waals surface area contributed by atoms with E-state index >= 15 is 0 Å². The van der Waals surface area contributed by atoms with Crippen LogP contribution in [0.15, 0.2) is 30.5 Å². The Labute approximate surface area is 123 Å². The van der Waals surface area contributed by atoms with Gasteiger partial charge in [-0.05, 0) is 43.5 Å². The lowest BCUT2D eigenvalue weighted by Gasteiger charge is -2.09. The van der Waals surface area contributed by atoms with Gasteiger partial charge in [0.25, 0.3) is 0 Å². The van der Waals surface area contributed by atoms with E-state index in [0.29, 0.717) is 0 Å². The molecule has 0 aliphatic carbocycles. The lowest BCUT2D eigenvalue weighted by atomic mass is 9.98. The second-order valence-corrected chi connectivity index (χ2v) is 5.83. The number of fused-ring (bicyclic) bond motifs is 5. The fourth-order valence-corrected chi connectivity index (χ4v) is 3.48. The number of nitrogens with zero attached hydrogens (tertiary/aromatic N) is 3. The van der Waals surface area contributed by atoms with Gasteiger partial charge in [0.05, 0.1) is 17.5 Å². The Morgan fingerprint density at radius 3 is 2.76 bits per heavy atom. The summed E-state index contributed by atoms with van der Waals surface area (Å²) in [5, 5.41) is 1.13. The van der Waals surface area contributed by atoms with Crippen molar-refractivity contribution in [1.82, 2.24) is 4.68 Å². The zero-order chi connectivity index (χ0) is 14.7. The molecule has 0 atom stereocenters. The third kappa shape index (κ3) is 1.45. The van der Waals surface area contributed by atoms with Crippen molar-refractivity contribution in [2.75, 3.05) is 0 Å². The molecule has 1 aromatic heterocycles. The molecule has 21 heavy (non-hydrogen) atoms. The van der Waals surface area contributed by atoms with Crippen molar-refractivity contribution < 1.29 is 4.68 Å². The van der Waals surface area contributed by atoms with Gasteiger partial charge in [-0.2, -0.15) is 0 Å². The van der Waals surface area contributed by atoms with Gasteiger partial charge in [0, 0.05) is 0 Å². The van der Waals surface area contributed by atoms with Crippen molar-refractivity contribution in [1.29, 1.82) is 0 Å². The van der Waals surface area contributed by atoms with E-state index in [0.717, 1.165) is 23.1 Å². The molecule has 3 heteroatoms. The monoisotopic (exact) mass is 274 g/mol. The molecule has 2 heterocycles. The van der Waals surface area contributed by atoms with E-state index in [-0.39, 0.29) is 0 Å². The van der Waals surface area contributed by atoms with Gasteiger partial charge in [-0.25, -0.2) is 4.85 Å². The van der Waals surface area contributed by atoms with E-state index in [1.165, 1.54) is 27.9 Å². The summed E-state index contributed by atoms with van der Waals surface area (Å²) in [7, 11) is 0. The first-order chi connectivity index (χ1) is 10.1. The maximum Gasteiger partial charge on any atom is 0.217 e. The van der Waals surface area contributed by atoms with Crippen LogP contribution in [0.25, 0.3) is 21.4 Å². The molecule has 0 N–H and O–H groups in total. The first-order valence-corrected chi connectivity index (χ1v) is 7.13. The summed E-state index contributed by atoms with van der Waals surface area (Å²) >= 11 is 0.